The Bertz CT molecular complexity index is 860. The van der Waals surface area contributed by atoms with Gasteiger partial charge in [-0.3, -0.25) is 0 Å². The standard InChI is InChI=1S/C13H7BrN2Se/c14-8-5-6-16-11(7-8)15-12-9-3-1-2-4-10(9)17-13(12)16/h1-7H. The third-order valence-electron chi connectivity index (χ3n) is 2.89. The van der Waals surface area contributed by atoms with E-state index in [0.717, 1.165) is 10.1 Å². The van der Waals surface area contributed by atoms with Crippen LogP contribution >= 0.6 is 15.9 Å². The van der Waals surface area contributed by atoms with Gasteiger partial charge in [-0.15, -0.1) is 0 Å². The molecule has 0 N–H and O–H groups in total. The maximum atomic E-state index is 4.74. The van der Waals surface area contributed by atoms with E-state index in [0.29, 0.717) is 14.5 Å². The van der Waals surface area contributed by atoms with Gasteiger partial charge in [-0.25, -0.2) is 0 Å². The minimum absolute atomic E-state index is 0.374. The van der Waals surface area contributed by atoms with E-state index in [9.17, 15) is 0 Å². The molecule has 3 aromatic heterocycles. The molecular formula is C13H7BrN2Se. The van der Waals surface area contributed by atoms with Crippen LogP contribution in [0.2, 0.25) is 0 Å². The second-order valence-electron chi connectivity index (χ2n) is 3.94. The molecule has 0 aliphatic rings. The average Bonchev–Trinajstić information content (AvgIpc) is 2.84. The summed E-state index contributed by atoms with van der Waals surface area (Å²) in [6, 6.07) is 12.7. The van der Waals surface area contributed by atoms with E-state index in [-0.39, 0.29) is 0 Å². The number of halogens is 1. The molecule has 0 saturated heterocycles. The Morgan fingerprint density at radius 2 is 2.06 bits per heavy atom. The van der Waals surface area contributed by atoms with Gasteiger partial charge in [0.2, 0.25) is 0 Å². The molecule has 0 saturated carbocycles. The topological polar surface area (TPSA) is 17.3 Å². The Balaban J connectivity index is 2.29. The Hall–Kier alpha value is -1.09. The van der Waals surface area contributed by atoms with Gasteiger partial charge in [-0.1, -0.05) is 0 Å². The number of hydrogen-bond donors (Lipinski definition) is 0. The molecule has 0 aliphatic carbocycles. The van der Waals surface area contributed by atoms with Crippen molar-refractivity contribution in [3.8, 4) is 0 Å². The predicted octanol–water partition coefficient (Wildman–Crippen LogP) is 3.46. The normalized spacial score (nSPS) is 11.8. The van der Waals surface area contributed by atoms with Crippen LogP contribution in [-0.4, -0.2) is 23.9 Å². The Labute approximate surface area is 112 Å². The van der Waals surface area contributed by atoms with Crippen LogP contribution < -0.4 is 0 Å². The Kier molecular flexibility index (Phi) is 2.01. The molecule has 0 spiro atoms. The van der Waals surface area contributed by atoms with Crippen LogP contribution in [0.1, 0.15) is 0 Å². The average molecular weight is 350 g/mol. The second-order valence-corrected chi connectivity index (χ2v) is 7.02. The van der Waals surface area contributed by atoms with Crippen LogP contribution in [0.5, 0.6) is 0 Å². The fourth-order valence-electron chi connectivity index (χ4n) is 2.13. The first-order valence-electron chi connectivity index (χ1n) is 5.28. The summed E-state index contributed by atoms with van der Waals surface area (Å²) in [4.78, 5) is 4.74. The Morgan fingerprint density at radius 3 is 3.00 bits per heavy atom. The molecule has 82 valence electrons. The molecule has 1 aromatic carbocycles. The molecule has 0 radical (unpaired) electrons. The van der Waals surface area contributed by atoms with Gasteiger partial charge in [-0.05, 0) is 0 Å². The summed E-state index contributed by atoms with van der Waals surface area (Å²) in [5.74, 6) is 0. The molecule has 0 amide bonds. The summed E-state index contributed by atoms with van der Waals surface area (Å²) in [7, 11) is 0. The fraction of sp³-hybridized carbons (Fsp3) is 0. The van der Waals surface area contributed by atoms with Crippen molar-refractivity contribution in [2.75, 3.05) is 0 Å². The summed E-state index contributed by atoms with van der Waals surface area (Å²) in [5, 5.41) is 1.31. The second kappa shape index (κ2) is 3.45. The zero-order valence-corrected chi connectivity index (χ0v) is 12.0. The predicted molar refractivity (Wildman–Crippen MR) is 74.8 cm³/mol. The van der Waals surface area contributed by atoms with E-state index < -0.39 is 0 Å². The molecule has 2 nitrogen and oxygen atoms in total. The number of pyridine rings is 1. The molecule has 3 heterocycles. The van der Waals surface area contributed by atoms with Crippen LogP contribution in [0.3, 0.4) is 0 Å². The third kappa shape index (κ3) is 1.35. The first-order valence-corrected chi connectivity index (χ1v) is 7.78. The van der Waals surface area contributed by atoms with Crippen LogP contribution in [0.4, 0.5) is 0 Å². The third-order valence-corrected chi connectivity index (χ3v) is 5.82. The number of nitrogens with zero attached hydrogens (tertiary/aromatic N) is 2. The summed E-state index contributed by atoms with van der Waals surface area (Å²) < 4.78 is 6.09. The number of fused-ring (bicyclic) bond motifs is 5. The van der Waals surface area contributed by atoms with Crippen molar-refractivity contribution < 1.29 is 0 Å². The van der Waals surface area contributed by atoms with Crippen LogP contribution in [-0.2, 0) is 0 Å². The minimum atomic E-state index is 0.374. The molecular weight excluding hydrogens is 343 g/mol. The quantitative estimate of drug-likeness (QED) is 0.444. The van der Waals surface area contributed by atoms with Gasteiger partial charge < -0.3 is 0 Å². The van der Waals surface area contributed by atoms with E-state index in [1.807, 2.05) is 0 Å². The van der Waals surface area contributed by atoms with Crippen molar-refractivity contribution in [3.63, 3.8) is 0 Å². The molecule has 0 unspecified atom stereocenters. The summed E-state index contributed by atoms with van der Waals surface area (Å²) in [5.41, 5.74) is 2.19. The molecule has 4 aromatic rings. The zero-order chi connectivity index (χ0) is 11.4. The van der Waals surface area contributed by atoms with Crippen LogP contribution in [0.25, 0.3) is 25.2 Å². The van der Waals surface area contributed by atoms with Crippen molar-refractivity contribution in [3.05, 3.63) is 47.1 Å². The van der Waals surface area contributed by atoms with Gasteiger partial charge in [0.1, 0.15) is 0 Å². The Morgan fingerprint density at radius 1 is 1.18 bits per heavy atom. The van der Waals surface area contributed by atoms with Gasteiger partial charge in [0.15, 0.2) is 0 Å². The molecule has 0 aliphatic heterocycles. The number of benzene rings is 1. The SMILES string of the molecule is Brc1ccn2c(c1)nc1c3ccccc3[se]c12. The van der Waals surface area contributed by atoms with Gasteiger partial charge in [-0.2, -0.15) is 0 Å². The monoisotopic (exact) mass is 350 g/mol. The number of rotatable bonds is 0. The number of imidazole rings is 1. The summed E-state index contributed by atoms with van der Waals surface area (Å²) in [6.45, 7) is 0. The molecule has 0 fully saturated rings. The van der Waals surface area contributed by atoms with E-state index in [1.165, 1.54) is 19.6 Å². The van der Waals surface area contributed by atoms with Crippen LogP contribution in [0.15, 0.2) is 47.1 Å². The molecule has 4 rings (SSSR count). The first-order chi connectivity index (χ1) is 8.33. The van der Waals surface area contributed by atoms with Gasteiger partial charge in [0, 0.05) is 0 Å². The van der Waals surface area contributed by atoms with E-state index in [2.05, 4.69) is 62.9 Å². The van der Waals surface area contributed by atoms with Gasteiger partial charge in [0.25, 0.3) is 0 Å². The summed E-state index contributed by atoms with van der Waals surface area (Å²) in [6.07, 6.45) is 2.10. The first kappa shape index (κ1) is 9.89. The van der Waals surface area contributed by atoms with Crippen molar-refractivity contribution >= 4 is 55.6 Å². The van der Waals surface area contributed by atoms with Crippen LogP contribution in [0, 0.1) is 0 Å². The van der Waals surface area contributed by atoms with Gasteiger partial charge in [0.05, 0.1) is 0 Å². The molecule has 17 heavy (non-hydrogen) atoms. The van der Waals surface area contributed by atoms with Crippen molar-refractivity contribution in [2.45, 2.75) is 0 Å². The fourth-order valence-corrected chi connectivity index (χ4v) is 4.83. The maximum absolute atomic E-state index is 4.74. The molecule has 0 atom stereocenters. The van der Waals surface area contributed by atoms with Gasteiger partial charge >= 0.3 is 112 Å². The number of aromatic nitrogens is 2. The molecule has 0 bridgehead atoms. The van der Waals surface area contributed by atoms with E-state index in [4.69, 9.17) is 4.98 Å². The van der Waals surface area contributed by atoms with Crippen molar-refractivity contribution in [1.82, 2.24) is 9.38 Å². The number of hydrogen-bond acceptors (Lipinski definition) is 1. The van der Waals surface area contributed by atoms with Crippen molar-refractivity contribution in [1.29, 1.82) is 0 Å². The summed E-state index contributed by atoms with van der Waals surface area (Å²) >= 11 is 3.86. The van der Waals surface area contributed by atoms with E-state index in [1.54, 1.807) is 0 Å². The van der Waals surface area contributed by atoms with E-state index >= 15 is 0 Å². The van der Waals surface area contributed by atoms with Crippen molar-refractivity contribution in [2.24, 2.45) is 0 Å². The molecule has 4 heteroatoms. The zero-order valence-electron chi connectivity index (χ0n) is 8.72.